The van der Waals surface area contributed by atoms with E-state index in [9.17, 15) is 4.79 Å². The van der Waals surface area contributed by atoms with Gasteiger partial charge in [0.05, 0.1) is 0 Å². The van der Waals surface area contributed by atoms with E-state index in [0.29, 0.717) is 21.5 Å². The molecular weight excluding hydrogens is 378 g/mol. The minimum Gasteiger partial charge on any atom is -0.332 e. The molecule has 6 nitrogen and oxygen atoms in total. The molecule has 0 atom stereocenters. The highest BCUT2D eigenvalue weighted by molar-refractivity contribution is 7.80. The Morgan fingerprint density at radius 3 is 1.96 bits per heavy atom. The predicted molar refractivity (Wildman–Crippen MR) is 106 cm³/mol. The van der Waals surface area contributed by atoms with E-state index >= 15 is 0 Å². The van der Waals surface area contributed by atoms with Gasteiger partial charge >= 0.3 is 0 Å². The zero-order valence-electron chi connectivity index (χ0n) is 12.7. The lowest BCUT2D eigenvalue weighted by molar-refractivity contribution is 0.102. The third kappa shape index (κ3) is 4.96. The Balaban J connectivity index is 1.56. The second kappa shape index (κ2) is 8.02. The smallest absolute Gasteiger partial charge is 0.277 e. The Bertz CT molecular complexity index is 867. The Hall–Kier alpha value is -2.55. The fraction of sp³-hybridized carbons (Fsp3) is 0. The number of amides is 1. The summed E-state index contributed by atoms with van der Waals surface area (Å²) in [6, 6.07) is 14.4. The van der Waals surface area contributed by atoms with E-state index in [1.165, 1.54) is 0 Å². The first-order valence-electron chi connectivity index (χ1n) is 7.12. The minimum absolute atomic E-state index is 0.292. The summed E-state index contributed by atoms with van der Waals surface area (Å²) >= 11 is 12.2. The highest BCUT2D eigenvalue weighted by Gasteiger charge is 2.08. The first kappa shape index (κ1) is 17.3. The van der Waals surface area contributed by atoms with Gasteiger partial charge in [0.1, 0.15) is 0 Å². The van der Waals surface area contributed by atoms with Gasteiger partial charge in [-0.25, -0.2) is 0 Å². The third-order valence-electron chi connectivity index (χ3n) is 3.10. The molecule has 0 aliphatic rings. The number of aromatic nitrogens is 2. The number of halogens is 1. The maximum absolute atomic E-state index is 11.9. The van der Waals surface area contributed by atoms with Crippen molar-refractivity contribution in [3.05, 3.63) is 64.6 Å². The quantitative estimate of drug-likeness (QED) is 0.579. The van der Waals surface area contributed by atoms with E-state index in [4.69, 9.17) is 23.8 Å². The van der Waals surface area contributed by atoms with Crippen molar-refractivity contribution in [2.24, 2.45) is 0 Å². The summed E-state index contributed by atoms with van der Waals surface area (Å²) in [4.78, 5) is 11.9. The van der Waals surface area contributed by atoms with Gasteiger partial charge in [0, 0.05) is 27.5 Å². The van der Waals surface area contributed by atoms with Crippen LogP contribution in [0.15, 0.2) is 53.9 Å². The van der Waals surface area contributed by atoms with Gasteiger partial charge in [-0.2, -0.15) is 0 Å². The van der Waals surface area contributed by atoms with Gasteiger partial charge in [0.2, 0.25) is 0 Å². The SMILES string of the molecule is O=C(Nc1ccc(NC(=S)Nc2ccc(Cl)cc2)cc1)c1csnn1. The van der Waals surface area contributed by atoms with Crippen LogP contribution in [0.25, 0.3) is 0 Å². The van der Waals surface area contributed by atoms with E-state index < -0.39 is 0 Å². The number of benzene rings is 2. The number of carbonyl (C=O) groups is 1. The Labute approximate surface area is 158 Å². The second-order valence-electron chi connectivity index (χ2n) is 4.91. The van der Waals surface area contributed by atoms with E-state index in [-0.39, 0.29) is 5.91 Å². The van der Waals surface area contributed by atoms with Gasteiger partial charge in [0.15, 0.2) is 10.8 Å². The highest BCUT2D eigenvalue weighted by atomic mass is 35.5. The lowest BCUT2D eigenvalue weighted by Gasteiger charge is -2.11. The molecule has 3 N–H and O–H groups in total. The molecule has 1 amide bonds. The van der Waals surface area contributed by atoms with Crippen LogP contribution in [0.1, 0.15) is 10.5 Å². The molecule has 0 unspecified atom stereocenters. The van der Waals surface area contributed by atoms with Gasteiger partial charge < -0.3 is 16.0 Å². The summed E-state index contributed by atoms with van der Waals surface area (Å²) in [5, 5.41) is 15.3. The largest absolute Gasteiger partial charge is 0.332 e. The predicted octanol–water partition coefficient (Wildman–Crippen LogP) is 4.25. The number of rotatable bonds is 4. The summed E-state index contributed by atoms with van der Waals surface area (Å²) in [7, 11) is 0. The number of hydrogen-bond donors (Lipinski definition) is 3. The van der Waals surface area contributed by atoms with Crippen LogP contribution in [-0.4, -0.2) is 20.6 Å². The lowest BCUT2D eigenvalue weighted by Crippen LogP contribution is -2.19. The number of nitrogens with one attached hydrogen (secondary N) is 3. The lowest BCUT2D eigenvalue weighted by atomic mass is 10.2. The molecule has 0 fully saturated rings. The Morgan fingerprint density at radius 2 is 1.44 bits per heavy atom. The molecule has 2 aromatic carbocycles. The van der Waals surface area contributed by atoms with E-state index in [1.54, 1.807) is 29.6 Å². The summed E-state index contributed by atoms with van der Waals surface area (Å²) in [5.41, 5.74) is 2.57. The van der Waals surface area contributed by atoms with E-state index in [2.05, 4.69) is 25.5 Å². The molecule has 3 rings (SSSR count). The topological polar surface area (TPSA) is 78.9 Å². The summed E-state index contributed by atoms with van der Waals surface area (Å²) in [6.07, 6.45) is 0. The van der Waals surface area contributed by atoms with Gasteiger partial charge in [-0.1, -0.05) is 16.1 Å². The van der Waals surface area contributed by atoms with Crippen molar-refractivity contribution in [2.75, 3.05) is 16.0 Å². The summed E-state index contributed by atoms with van der Waals surface area (Å²) in [6.45, 7) is 0. The van der Waals surface area contributed by atoms with Crippen LogP contribution in [0.3, 0.4) is 0 Å². The first-order valence-corrected chi connectivity index (χ1v) is 8.74. The van der Waals surface area contributed by atoms with Gasteiger partial charge in [0.25, 0.3) is 5.91 Å². The molecule has 0 radical (unpaired) electrons. The minimum atomic E-state index is -0.297. The van der Waals surface area contributed by atoms with Gasteiger partial charge in [-0.05, 0) is 72.3 Å². The van der Waals surface area contributed by atoms with Crippen LogP contribution < -0.4 is 16.0 Å². The van der Waals surface area contributed by atoms with Crippen LogP contribution in [0, 0.1) is 0 Å². The Morgan fingerprint density at radius 1 is 0.920 bits per heavy atom. The van der Waals surface area contributed by atoms with E-state index in [1.807, 2.05) is 24.3 Å². The van der Waals surface area contributed by atoms with Crippen molar-refractivity contribution in [3.63, 3.8) is 0 Å². The molecule has 0 spiro atoms. The molecule has 3 aromatic rings. The molecule has 1 aromatic heterocycles. The van der Waals surface area contributed by atoms with Crippen molar-refractivity contribution >= 4 is 63.4 Å². The maximum atomic E-state index is 11.9. The molecule has 0 aliphatic heterocycles. The standard InChI is InChI=1S/C16H12ClN5OS2/c17-10-1-3-12(4-2-10)19-16(24)20-13-7-5-11(6-8-13)18-15(23)14-9-25-22-21-14/h1-9H,(H,18,23)(H2,19,20,24). The molecule has 126 valence electrons. The summed E-state index contributed by atoms with van der Waals surface area (Å²) in [5.74, 6) is -0.297. The fourth-order valence-electron chi connectivity index (χ4n) is 1.92. The van der Waals surface area contributed by atoms with Crippen molar-refractivity contribution in [1.82, 2.24) is 9.59 Å². The fourth-order valence-corrected chi connectivity index (χ4v) is 2.72. The van der Waals surface area contributed by atoms with Crippen molar-refractivity contribution in [1.29, 1.82) is 0 Å². The number of thiocarbonyl (C=S) groups is 1. The van der Waals surface area contributed by atoms with Crippen LogP contribution in [-0.2, 0) is 0 Å². The molecule has 0 saturated carbocycles. The molecule has 25 heavy (non-hydrogen) atoms. The van der Waals surface area contributed by atoms with Crippen LogP contribution in [0.4, 0.5) is 17.1 Å². The van der Waals surface area contributed by atoms with Gasteiger partial charge in [-0.3, -0.25) is 4.79 Å². The zero-order chi connectivity index (χ0) is 17.6. The average molecular weight is 390 g/mol. The molecule has 0 bridgehead atoms. The van der Waals surface area contributed by atoms with Crippen molar-refractivity contribution in [3.8, 4) is 0 Å². The van der Waals surface area contributed by atoms with Crippen LogP contribution in [0.2, 0.25) is 5.02 Å². The average Bonchev–Trinajstić information content (AvgIpc) is 3.13. The second-order valence-corrected chi connectivity index (χ2v) is 6.36. The number of nitrogens with zero attached hydrogens (tertiary/aromatic N) is 2. The summed E-state index contributed by atoms with van der Waals surface area (Å²) < 4.78 is 3.66. The molecule has 0 saturated heterocycles. The molecule has 1 heterocycles. The number of hydrogen-bond acceptors (Lipinski definition) is 5. The first-order chi connectivity index (χ1) is 12.1. The zero-order valence-corrected chi connectivity index (χ0v) is 15.1. The van der Waals surface area contributed by atoms with Crippen molar-refractivity contribution < 1.29 is 4.79 Å². The van der Waals surface area contributed by atoms with Crippen molar-refractivity contribution in [2.45, 2.75) is 0 Å². The maximum Gasteiger partial charge on any atom is 0.277 e. The monoisotopic (exact) mass is 389 g/mol. The Kier molecular flexibility index (Phi) is 5.54. The third-order valence-corrected chi connectivity index (χ3v) is 4.06. The molecule has 9 heteroatoms. The normalized spacial score (nSPS) is 10.1. The molecule has 0 aliphatic carbocycles. The van der Waals surface area contributed by atoms with Gasteiger partial charge in [-0.15, -0.1) is 5.10 Å². The highest BCUT2D eigenvalue weighted by Crippen LogP contribution is 2.16. The number of anilines is 3. The number of carbonyl (C=O) groups excluding carboxylic acids is 1. The van der Waals surface area contributed by atoms with E-state index in [0.717, 1.165) is 22.9 Å². The van der Waals surface area contributed by atoms with Crippen LogP contribution >= 0.6 is 35.4 Å². The van der Waals surface area contributed by atoms with Crippen LogP contribution in [0.5, 0.6) is 0 Å². The molecular formula is C16H12ClN5OS2.